The van der Waals surface area contributed by atoms with Crippen molar-refractivity contribution in [2.75, 3.05) is 6.61 Å². The molecule has 3 heteroatoms. The molecule has 1 fully saturated rings. The van der Waals surface area contributed by atoms with Gasteiger partial charge in [0.05, 0.1) is 25.4 Å². The Hall–Kier alpha value is -0.510. The van der Waals surface area contributed by atoms with Gasteiger partial charge in [-0.05, 0) is 24.3 Å². The Morgan fingerprint density at radius 1 is 1.11 bits per heavy atom. The monoisotopic (exact) mass is 280 g/mol. The average molecular weight is 280 g/mol. The first kappa shape index (κ1) is 14.9. The second kappa shape index (κ2) is 6.78. The van der Waals surface area contributed by atoms with Crippen LogP contribution in [0.3, 0.4) is 0 Å². The van der Waals surface area contributed by atoms with E-state index in [0.29, 0.717) is 25.0 Å². The molecule has 1 aliphatic rings. The lowest BCUT2D eigenvalue weighted by molar-refractivity contribution is -0.116. The lowest BCUT2D eigenvalue weighted by atomic mass is 9.84. The number of hydrogen-bond acceptors (Lipinski definition) is 3. The van der Waals surface area contributed by atoms with Crippen molar-refractivity contribution in [3.05, 3.63) is 35.9 Å². The number of hydrogen-bond donors (Lipinski definition) is 1. The van der Waals surface area contributed by atoms with Crippen LogP contribution in [0.4, 0.5) is 0 Å². The van der Waals surface area contributed by atoms with Crippen molar-refractivity contribution in [1.29, 1.82) is 0 Å². The van der Waals surface area contributed by atoms with Gasteiger partial charge < -0.3 is 9.47 Å². The highest BCUT2D eigenvalue weighted by molar-refractivity contribution is 7.81. The first-order valence-electron chi connectivity index (χ1n) is 7.04. The molecule has 1 aromatic rings. The van der Waals surface area contributed by atoms with Gasteiger partial charge >= 0.3 is 0 Å². The van der Waals surface area contributed by atoms with Gasteiger partial charge in [0.15, 0.2) is 0 Å². The van der Waals surface area contributed by atoms with Crippen LogP contribution in [-0.4, -0.2) is 24.1 Å². The fraction of sp³-hybridized carbons (Fsp3) is 0.625. The van der Waals surface area contributed by atoms with Gasteiger partial charge in [0.1, 0.15) is 0 Å². The molecule has 0 aromatic heterocycles. The Morgan fingerprint density at radius 3 is 2.47 bits per heavy atom. The van der Waals surface area contributed by atoms with Crippen LogP contribution in [0.1, 0.15) is 26.3 Å². The highest BCUT2D eigenvalue weighted by Crippen LogP contribution is 2.33. The molecule has 0 saturated carbocycles. The maximum absolute atomic E-state index is 6.02. The summed E-state index contributed by atoms with van der Waals surface area (Å²) in [6.45, 7) is 7.89. The Labute approximate surface area is 121 Å². The summed E-state index contributed by atoms with van der Waals surface area (Å²) >= 11 is 4.71. The molecule has 0 N–H and O–H groups in total. The van der Waals surface area contributed by atoms with Gasteiger partial charge in [-0.1, -0.05) is 44.2 Å². The Balaban J connectivity index is 1.82. The van der Waals surface area contributed by atoms with Gasteiger partial charge in [-0.3, -0.25) is 0 Å². The van der Waals surface area contributed by atoms with Gasteiger partial charge in [0, 0.05) is 5.25 Å². The maximum Gasteiger partial charge on any atom is 0.0930 e. The molecule has 1 aromatic carbocycles. The van der Waals surface area contributed by atoms with Crippen LogP contribution < -0.4 is 0 Å². The van der Waals surface area contributed by atoms with Gasteiger partial charge in [-0.25, -0.2) is 0 Å². The summed E-state index contributed by atoms with van der Waals surface area (Å²) in [5.41, 5.74) is 1.20. The van der Waals surface area contributed by atoms with Gasteiger partial charge in [-0.2, -0.15) is 12.6 Å². The van der Waals surface area contributed by atoms with Crippen molar-refractivity contribution in [2.24, 2.45) is 11.8 Å². The third kappa shape index (κ3) is 3.74. The normalized spacial score (nSPS) is 35.3. The molecule has 106 valence electrons. The lowest BCUT2D eigenvalue weighted by Gasteiger charge is -2.41. The SMILES string of the molecule is CC1[C@@H](C)[C@H](S)C(COCc2ccccc2)O[C@@H]1C. The van der Waals surface area contributed by atoms with Crippen LogP contribution in [0.15, 0.2) is 30.3 Å². The summed E-state index contributed by atoms with van der Waals surface area (Å²) in [6, 6.07) is 10.2. The molecule has 0 amide bonds. The smallest absolute Gasteiger partial charge is 0.0930 e. The topological polar surface area (TPSA) is 18.5 Å². The van der Waals surface area contributed by atoms with E-state index in [1.54, 1.807) is 0 Å². The molecular formula is C16H24O2S. The minimum Gasteiger partial charge on any atom is -0.374 e. The molecule has 1 aliphatic heterocycles. The summed E-state index contributed by atoms with van der Waals surface area (Å²) in [6.07, 6.45) is 0.372. The van der Waals surface area contributed by atoms with E-state index in [2.05, 4.69) is 32.9 Å². The molecular weight excluding hydrogens is 256 g/mol. The van der Waals surface area contributed by atoms with Crippen molar-refractivity contribution in [3.8, 4) is 0 Å². The highest BCUT2D eigenvalue weighted by Gasteiger charge is 2.37. The van der Waals surface area contributed by atoms with Crippen molar-refractivity contribution in [2.45, 2.75) is 44.8 Å². The summed E-state index contributed by atoms with van der Waals surface area (Å²) < 4.78 is 11.8. The zero-order chi connectivity index (χ0) is 13.8. The Kier molecular flexibility index (Phi) is 5.31. The van der Waals surface area contributed by atoms with Crippen molar-refractivity contribution < 1.29 is 9.47 Å². The average Bonchev–Trinajstić information content (AvgIpc) is 2.43. The zero-order valence-electron chi connectivity index (χ0n) is 12.0. The van der Waals surface area contributed by atoms with Crippen LogP contribution in [0.2, 0.25) is 0 Å². The maximum atomic E-state index is 6.02. The fourth-order valence-corrected chi connectivity index (χ4v) is 2.99. The van der Waals surface area contributed by atoms with Crippen LogP contribution in [0.5, 0.6) is 0 Å². The Morgan fingerprint density at radius 2 is 1.79 bits per heavy atom. The van der Waals surface area contributed by atoms with Gasteiger partial charge in [-0.15, -0.1) is 0 Å². The van der Waals surface area contributed by atoms with Gasteiger partial charge in [0.2, 0.25) is 0 Å². The van der Waals surface area contributed by atoms with Crippen molar-refractivity contribution >= 4 is 12.6 Å². The van der Waals surface area contributed by atoms with E-state index < -0.39 is 0 Å². The van der Waals surface area contributed by atoms with Crippen molar-refractivity contribution in [1.82, 2.24) is 0 Å². The van der Waals surface area contributed by atoms with E-state index >= 15 is 0 Å². The molecule has 0 aliphatic carbocycles. The third-order valence-corrected chi connectivity index (χ3v) is 5.08. The van der Waals surface area contributed by atoms with Gasteiger partial charge in [0.25, 0.3) is 0 Å². The highest BCUT2D eigenvalue weighted by atomic mass is 32.1. The molecule has 5 atom stereocenters. The van der Waals surface area contributed by atoms with Crippen LogP contribution in [0.25, 0.3) is 0 Å². The predicted molar refractivity (Wildman–Crippen MR) is 81.5 cm³/mol. The fourth-order valence-electron chi connectivity index (χ4n) is 2.56. The quantitative estimate of drug-likeness (QED) is 0.850. The minimum absolute atomic E-state index is 0.0910. The number of thiol groups is 1. The summed E-state index contributed by atoms with van der Waals surface area (Å²) in [5, 5.41) is 0.252. The van der Waals surface area contributed by atoms with Crippen LogP contribution in [0, 0.1) is 11.8 Å². The lowest BCUT2D eigenvalue weighted by Crippen LogP contribution is -2.47. The summed E-state index contributed by atoms with van der Waals surface area (Å²) in [5.74, 6) is 1.10. The number of benzene rings is 1. The van der Waals surface area contributed by atoms with E-state index in [1.165, 1.54) is 5.56 Å². The second-order valence-electron chi connectivity index (χ2n) is 5.59. The molecule has 0 spiro atoms. The molecule has 19 heavy (non-hydrogen) atoms. The standard InChI is InChI=1S/C16H24O2S/c1-11-12(2)16(19)15(18-13(11)3)10-17-9-14-7-5-4-6-8-14/h4-8,11-13,15-16,19H,9-10H2,1-3H3/t11?,12-,13-,15?,16+/m1/s1. The molecule has 0 radical (unpaired) electrons. The minimum atomic E-state index is 0.0910. The molecule has 2 unspecified atom stereocenters. The summed E-state index contributed by atoms with van der Waals surface area (Å²) in [7, 11) is 0. The van der Waals surface area contributed by atoms with Crippen LogP contribution in [-0.2, 0) is 16.1 Å². The zero-order valence-corrected chi connectivity index (χ0v) is 12.8. The predicted octanol–water partition coefficient (Wildman–Crippen LogP) is 3.56. The number of rotatable bonds is 4. The first-order chi connectivity index (χ1) is 9.09. The van der Waals surface area contributed by atoms with E-state index in [1.807, 2.05) is 18.2 Å². The summed E-state index contributed by atoms with van der Waals surface area (Å²) in [4.78, 5) is 0. The van der Waals surface area contributed by atoms with E-state index in [-0.39, 0.29) is 17.5 Å². The molecule has 2 rings (SSSR count). The van der Waals surface area contributed by atoms with E-state index in [9.17, 15) is 0 Å². The molecule has 0 bridgehead atoms. The van der Waals surface area contributed by atoms with E-state index in [4.69, 9.17) is 22.1 Å². The molecule has 2 nitrogen and oxygen atoms in total. The first-order valence-corrected chi connectivity index (χ1v) is 7.56. The van der Waals surface area contributed by atoms with Crippen LogP contribution >= 0.6 is 12.6 Å². The largest absolute Gasteiger partial charge is 0.374 e. The third-order valence-electron chi connectivity index (χ3n) is 4.27. The van der Waals surface area contributed by atoms with E-state index in [0.717, 1.165) is 0 Å². The Bertz CT molecular complexity index is 382. The second-order valence-corrected chi connectivity index (χ2v) is 6.19. The van der Waals surface area contributed by atoms with Crippen molar-refractivity contribution in [3.63, 3.8) is 0 Å². The molecule has 1 saturated heterocycles. The molecule has 1 heterocycles. The number of ether oxygens (including phenoxy) is 2.